The topological polar surface area (TPSA) is 70.7 Å². The second kappa shape index (κ2) is 7.86. The number of halogens is 1. The van der Waals surface area contributed by atoms with Crippen molar-refractivity contribution in [2.75, 3.05) is 24.3 Å². The number of anilines is 2. The van der Waals surface area contributed by atoms with Crippen molar-refractivity contribution in [3.63, 3.8) is 0 Å². The third kappa shape index (κ3) is 4.11. The van der Waals surface area contributed by atoms with Crippen LogP contribution in [0.15, 0.2) is 48.5 Å². The molecule has 3 rings (SSSR count). The predicted molar refractivity (Wildman–Crippen MR) is 96.8 cm³/mol. The highest BCUT2D eigenvalue weighted by molar-refractivity contribution is 5.99. The Morgan fingerprint density at radius 3 is 2.31 bits per heavy atom. The maximum Gasteiger partial charge on any atom is 0.322 e. The molecule has 1 unspecified atom stereocenters. The van der Waals surface area contributed by atoms with E-state index in [4.69, 9.17) is 4.74 Å². The number of benzene rings is 2. The molecule has 26 heavy (non-hydrogen) atoms. The van der Waals surface area contributed by atoms with E-state index in [1.54, 1.807) is 31.4 Å². The van der Waals surface area contributed by atoms with Crippen molar-refractivity contribution in [2.24, 2.45) is 0 Å². The first kappa shape index (κ1) is 17.7. The van der Waals surface area contributed by atoms with Crippen LogP contribution in [0, 0.1) is 5.82 Å². The van der Waals surface area contributed by atoms with Crippen LogP contribution in [0.1, 0.15) is 12.8 Å². The molecular weight excluding hydrogens is 337 g/mol. The quantitative estimate of drug-likeness (QED) is 0.880. The molecule has 0 bridgehead atoms. The van der Waals surface area contributed by atoms with Gasteiger partial charge in [0.2, 0.25) is 5.91 Å². The predicted octanol–water partition coefficient (Wildman–Crippen LogP) is 3.47. The molecule has 1 fully saturated rings. The number of ether oxygens (including phenoxy) is 1. The number of carbonyl (C=O) groups is 2. The minimum Gasteiger partial charge on any atom is -0.497 e. The maximum atomic E-state index is 13.0. The fourth-order valence-corrected chi connectivity index (χ4v) is 2.91. The average molecular weight is 357 g/mol. The van der Waals surface area contributed by atoms with E-state index in [9.17, 15) is 14.0 Å². The summed E-state index contributed by atoms with van der Waals surface area (Å²) in [5.74, 6) is 0.0898. The molecule has 136 valence electrons. The molecule has 1 saturated heterocycles. The van der Waals surface area contributed by atoms with Crippen LogP contribution in [0.25, 0.3) is 0 Å². The van der Waals surface area contributed by atoms with E-state index in [0.29, 0.717) is 30.1 Å². The lowest BCUT2D eigenvalue weighted by Crippen LogP contribution is -2.45. The zero-order valence-corrected chi connectivity index (χ0v) is 14.4. The van der Waals surface area contributed by atoms with Crippen molar-refractivity contribution in [1.29, 1.82) is 0 Å². The zero-order chi connectivity index (χ0) is 18.5. The minimum absolute atomic E-state index is 0.234. The molecule has 7 heteroatoms. The molecule has 2 N–H and O–H groups in total. The Bertz CT molecular complexity index is 778. The molecule has 0 aliphatic carbocycles. The Morgan fingerprint density at radius 2 is 1.65 bits per heavy atom. The molecule has 1 heterocycles. The van der Waals surface area contributed by atoms with Gasteiger partial charge in [-0.1, -0.05) is 0 Å². The van der Waals surface area contributed by atoms with Gasteiger partial charge < -0.3 is 20.3 Å². The number of rotatable bonds is 4. The molecule has 0 aromatic heterocycles. The third-order valence-corrected chi connectivity index (χ3v) is 4.27. The van der Waals surface area contributed by atoms with Gasteiger partial charge in [-0.15, -0.1) is 0 Å². The standard InChI is InChI=1S/C19H20FN3O3/c1-26-16-10-8-14(9-11-16)21-18(24)17-3-2-12-23(17)19(25)22-15-6-4-13(20)5-7-15/h4-11,17H,2-3,12H2,1H3,(H,21,24)(H,22,25). The number of carbonyl (C=O) groups excluding carboxylic acids is 2. The minimum atomic E-state index is -0.544. The first-order valence-corrected chi connectivity index (χ1v) is 8.35. The smallest absolute Gasteiger partial charge is 0.322 e. The first-order valence-electron chi connectivity index (χ1n) is 8.35. The lowest BCUT2D eigenvalue weighted by molar-refractivity contribution is -0.119. The van der Waals surface area contributed by atoms with Crippen LogP contribution in [0.5, 0.6) is 5.75 Å². The van der Waals surface area contributed by atoms with Crippen molar-refractivity contribution in [3.8, 4) is 5.75 Å². The van der Waals surface area contributed by atoms with E-state index >= 15 is 0 Å². The lowest BCUT2D eigenvalue weighted by atomic mass is 10.2. The molecule has 1 aliphatic rings. The number of nitrogens with zero attached hydrogens (tertiary/aromatic N) is 1. The van der Waals surface area contributed by atoms with E-state index in [2.05, 4.69) is 10.6 Å². The van der Waals surface area contributed by atoms with Gasteiger partial charge in [0.1, 0.15) is 17.6 Å². The van der Waals surface area contributed by atoms with Gasteiger partial charge in [-0.3, -0.25) is 4.79 Å². The Hall–Kier alpha value is -3.09. The van der Waals surface area contributed by atoms with Crippen LogP contribution < -0.4 is 15.4 Å². The van der Waals surface area contributed by atoms with Crippen LogP contribution in [0.4, 0.5) is 20.6 Å². The number of methoxy groups -OCH3 is 1. The molecule has 0 spiro atoms. The van der Waals surface area contributed by atoms with Gasteiger partial charge in [-0.05, 0) is 61.4 Å². The molecule has 1 atom stereocenters. The molecule has 0 radical (unpaired) electrons. The van der Waals surface area contributed by atoms with Gasteiger partial charge in [-0.25, -0.2) is 9.18 Å². The van der Waals surface area contributed by atoms with Gasteiger partial charge in [0.15, 0.2) is 0 Å². The first-order chi connectivity index (χ1) is 12.6. The summed E-state index contributed by atoms with van der Waals surface area (Å²) >= 11 is 0. The van der Waals surface area contributed by atoms with E-state index in [-0.39, 0.29) is 17.8 Å². The number of urea groups is 1. The molecule has 3 amide bonds. The molecule has 6 nitrogen and oxygen atoms in total. The number of likely N-dealkylation sites (tertiary alicyclic amines) is 1. The van der Waals surface area contributed by atoms with Gasteiger partial charge in [0.05, 0.1) is 7.11 Å². The van der Waals surface area contributed by atoms with Crippen LogP contribution in [0.3, 0.4) is 0 Å². The van der Waals surface area contributed by atoms with Crippen LogP contribution in [-0.4, -0.2) is 36.5 Å². The SMILES string of the molecule is COc1ccc(NC(=O)C2CCCN2C(=O)Nc2ccc(F)cc2)cc1. The molecule has 0 saturated carbocycles. The summed E-state index contributed by atoms with van der Waals surface area (Å²) in [5, 5.41) is 5.52. The number of hydrogen-bond donors (Lipinski definition) is 2. The van der Waals surface area contributed by atoms with Crippen LogP contribution in [0.2, 0.25) is 0 Å². The number of nitrogens with one attached hydrogen (secondary N) is 2. The summed E-state index contributed by atoms with van der Waals surface area (Å²) in [6.45, 7) is 0.494. The van der Waals surface area contributed by atoms with Crippen molar-refractivity contribution < 1.29 is 18.7 Å². The van der Waals surface area contributed by atoms with E-state index in [1.807, 2.05) is 0 Å². The normalized spacial score (nSPS) is 16.2. The second-order valence-electron chi connectivity index (χ2n) is 6.01. The third-order valence-electron chi connectivity index (χ3n) is 4.27. The van der Waals surface area contributed by atoms with Crippen LogP contribution >= 0.6 is 0 Å². The molecule has 2 aromatic carbocycles. The fourth-order valence-electron chi connectivity index (χ4n) is 2.91. The lowest BCUT2D eigenvalue weighted by Gasteiger charge is -2.24. The van der Waals surface area contributed by atoms with Crippen molar-refractivity contribution >= 4 is 23.3 Å². The van der Waals surface area contributed by atoms with Crippen molar-refractivity contribution in [3.05, 3.63) is 54.3 Å². The summed E-state index contributed by atoms with van der Waals surface area (Å²) in [7, 11) is 1.57. The highest BCUT2D eigenvalue weighted by Crippen LogP contribution is 2.22. The van der Waals surface area contributed by atoms with E-state index in [0.717, 1.165) is 6.42 Å². The molecular formula is C19H20FN3O3. The highest BCUT2D eigenvalue weighted by Gasteiger charge is 2.34. The Kier molecular flexibility index (Phi) is 5.36. The summed E-state index contributed by atoms with van der Waals surface area (Å²) in [4.78, 5) is 26.5. The van der Waals surface area contributed by atoms with Gasteiger partial charge >= 0.3 is 6.03 Å². The Balaban J connectivity index is 1.63. The monoisotopic (exact) mass is 357 g/mol. The molecule has 2 aromatic rings. The average Bonchev–Trinajstić information content (AvgIpc) is 3.14. The maximum absolute atomic E-state index is 13.0. The Labute approximate surface area is 150 Å². The van der Waals surface area contributed by atoms with Gasteiger partial charge in [0.25, 0.3) is 0 Å². The van der Waals surface area contributed by atoms with E-state index < -0.39 is 6.04 Å². The number of amides is 3. The largest absolute Gasteiger partial charge is 0.497 e. The summed E-state index contributed by atoms with van der Waals surface area (Å²) in [6.07, 6.45) is 1.34. The molecule has 1 aliphatic heterocycles. The summed E-state index contributed by atoms with van der Waals surface area (Å²) in [6, 6.07) is 11.6. The van der Waals surface area contributed by atoms with Crippen molar-refractivity contribution in [1.82, 2.24) is 4.90 Å². The van der Waals surface area contributed by atoms with E-state index in [1.165, 1.54) is 29.2 Å². The zero-order valence-electron chi connectivity index (χ0n) is 14.4. The van der Waals surface area contributed by atoms with Crippen molar-refractivity contribution in [2.45, 2.75) is 18.9 Å². The van der Waals surface area contributed by atoms with Crippen LogP contribution in [-0.2, 0) is 4.79 Å². The fraction of sp³-hybridized carbons (Fsp3) is 0.263. The van der Waals surface area contributed by atoms with Gasteiger partial charge in [0, 0.05) is 17.9 Å². The van der Waals surface area contributed by atoms with Gasteiger partial charge in [-0.2, -0.15) is 0 Å². The highest BCUT2D eigenvalue weighted by atomic mass is 19.1. The summed E-state index contributed by atoms with van der Waals surface area (Å²) in [5.41, 5.74) is 1.12. The summed E-state index contributed by atoms with van der Waals surface area (Å²) < 4.78 is 18.1. The second-order valence-corrected chi connectivity index (χ2v) is 6.01. The Morgan fingerprint density at radius 1 is 1.04 bits per heavy atom. The number of hydrogen-bond acceptors (Lipinski definition) is 3.